The van der Waals surface area contributed by atoms with Gasteiger partial charge in [0, 0.05) is 7.05 Å². The number of amides is 1. The van der Waals surface area contributed by atoms with Gasteiger partial charge in [0.15, 0.2) is 0 Å². The summed E-state index contributed by atoms with van der Waals surface area (Å²) in [6.07, 6.45) is 3.13. The van der Waals surface area contributed by atoms with Gasteiger partial charge >= 0.3 is 6.09 Å². The van der Waals surface area contributed by atoms with Gasteiger partial charge in [0.1, 0.15) is 6.61 Å². The molecule has 1 amide bonds. The fourth-order valence-electron chi connectivity index (χ4n) is 0.923. The maximum Gasteiger partial charge on any atom is 0.407 e. The predicted molar refractivity (Wildman–Crippen MR) is 55.3 cm³/mol. The number of carbonyl (C=O) groups excluding carboxylic acids is 1. The number of nitrogens with one attached hydrogen (secondary N) is 1. The van der Waals surface area contributed by atoms with E-state index in [1.165, 1.54) is 0 Å². The number of ether oxygens (including phenoxy) is 1. The summed E-state index contributed by atoms with van der Waals surface area (Å²) >= 11 is 0. The van der Waals surface area contributed by atoms with Crippen LogP contribution in [0.15, 0.2) is 36.4 Å². The molecule has 0 aliphatic heterocycles. The van der Waals surface area contributed by atoms with Crippen LogP contribution in [0.25, 0.3) is 6.08 Å². The van der Waals surface area contributed by atoms with E-state index in [1.54, 1.807) is 6.08 Å². The summed E-state index contributed by atoms with van der Waals surface area (Å²) in [5.41, 5.74) is 1.08. The third-order valence-electron chi connectivity index (χ3n) is 1.56. The second kappa shape index (κ2) is 5.80. The van der Waals surface area contributed by atoms with Gasteiger partial charge in [0.05, 0.1) is 0 Å². The monoisotopic (exact) mass is 190 g/mol. The lowest BCUT2D eigenvalue weighted by Gasteiger charge is -1.98. The lowest BCUT2D eigenvalue weighted by Crippen LogP contribution is -2.16. The smallest absolute Gasteiger partial charge is 0.407 e. The molecule has 0 aliphatic rings. The number of rotatable bonds is 3. The lowest BCUT2D eigenvalue weighted by atomic mass is 10.2. The molecule has 0 heterocycles. The van der Waals surface area contributed by atoms with Crippen molar-refractivity contribution in [3.05, 3.63) is 49.0 Å². The number of hydrogen-bond donors (Lipinski definition) is 1. The molecular formula is C11H12NO2. The predicted octanol–water partition coefficient (Wildman–Crippen LogP) is 2.22. The topological polar surface area (TPSA) is 38.3 Å². The molecule has 1 aromatic rings. The van der Waals surface area contributed by atoms with Crippen molar-refractivity contribution in [1.29, 1.82) is 0 Å². The van der Waals surface area contributed by atoms with Crippen molar-refractivity contribution >= 4 is 12.2 Å². The number of carbonyl (C=O) groups is 1. The van der Waals surface area contributed by atoms with Crippen LogP contribution in [0, 0.1) is 7.05 Å². The van der Waals surface area contributed by atoms with Crippen molar-refractivity contribution in [3.63, 3.8) is 0 Å². The second-order valence-corrected chi connectivity index (χ2v) is 2.59. The van der Waals surface area contributed by atoms with Crippen LogP contribution in [0.3, 0.4) is 0 Å². The minimum atomic E-state index is -0.525. The molecule has 0 atom stereocenters. The normalized spacial score (nSPS) is 10.1. The molecule has 3 nitrogen and oxygen atoms in total. The highest BCUT2D eigenvalue weighted by Gasteiger charge is 1.92. The Kier molecular flexibility index (Phi) is 4.27. The average molecular weight is 190 g/mol. The first-order chi connectivity index (χ1) is 6.83. The minimum Gasteiger partial charge on any atom is -0.445 e. The van der Waals surface area contributed by atoms with Gasteiger partial charge in [-0.1, -0.05) is 36.4 Å². The van der Waals surface area contributed by atoms with E-state index in [0.717, 1.165) is 5.56 Å². The molecule has 1 radical (unpaired) electrons. The van der Waals surface area contributed by atoms with Gasteiger partial charge in [0.25, 0.3) is 0 Å². The zero-order valence-electron chi connectivity index (χ0n) is 7.77. The maximum absolute atomic E-state index is 10.6. The van der Waals surface area contributed by atoms with Gasteiger partial charge in [-0.05, 0) is 11.6 Å². The summed E-state index contributed by atoms with van der Waals surface area (Å²) in [4.78, 5) is 10.6. The van der Waals surface area contributed by atoms with Crippen LogP contribution in [0.5, 0.6) is 0 Å². The molecule has 0 saturated carbocycles. The maximum atomic E-state index is 10.6. The van der Waals surface area contributed by atoms with E-state index in [9.17, 15) is 4.79 Å². The highest BCUT2D eigenvalue weighted by atomic mass is 16.5. The summed E-state index contributed by atoms with van der Waals surface area (Å²) < 4.78 is 4.71. The Morgan fingerprint density at radius 1 is 1.43 bits per heavy atom. The van der Waals surface area contributed by atoms with Gasteiger partial charge in [-0.2, -0.15) is 0 Å². The van der Waals surface area contributed by atoms with Gasteiger partial charge < -0.3 is 10.1 Å². The Balaban J connectivity index is 2.31. The van der Waals surface area contributed by atoms with Gasteiger partial charge in [0.2, 0.25) is 0 Å². The molecular weight excluding hydrogens is 178 g/mol. The highest BCUT2D eigenvalue weighted by molar-refractivity contribution is 5.67. The zero-order valence-corrected chi connectivity index (χ0v) is 7.77. The van der Waals surface area contributed by atoms with Gasteiger partial charge in [-0.15, -0.1) is 0 Å². The average Bonchev–Trinajstić information content (AvgIpc) is 2.25. The van der Waals surface area contributed by atoms with E-state index in [-0.39, 0.29) is 6.61 Å². The minimum absolute atomic E-state index is 0.246. The highest BCUT2D eigenvalue weighted by Crippen LogP contribution is 2.00. The van der Waals surface area contributed by atoms with Crippen LogP contribution < -0.4 is 5.32 Å². The Hall–Kier alpha value is -1.77. The molecule has 1 rings (SSSR count). The summed E-state index contributed by atoms with van der Waals surface area (Å²) in [6, 6.07) is 9.78. The van der Waals surface area contributed by atoms with Crippen molar-refractivity contribution < 1.29 is 9.53 Å². The molecule has 0 saturated heterocycles. The first-order valence-electron chi connectivity index (χ1n) is 4.24. The number of hydrogen-bond acceptors (Lipinski definition) is 2. The van der Waals surface area contributed by atoms with E-state index in [2.05, 4.69) is 12.4 Å². The number of alkyl carbamates (subject to hydrolysis) is 1. The van der Waals surface area contributed by atoms with Crippen LogP contribution in [-0.4, -0.2) is 12.7 Å². The SMILES string of the molecule is [CH2]NC(=O)OC/C=C/c1ccccc1. The first-order valence-corrected chi connectivity index (χ1v) is 4.24. The van der Waals surface area contributed by atoms with Crippen molar-refractivity contribution in [3.8, 4) is 0 Å². The van der Waals surface area contributed by atoms with Crippen LogP contribution in [0.1, 0.15) is 5.56 Å². The fraction of sp³-hybridized carbons (Fsp3) is 0.0909. The summed E-state index contributed by atoms with van der Waals surface area (Å²) in [5.74, 6) is 0. The van der Waals surface area contributed by atoms with E-state index in [1.807, 2.05) is 36.4 Å². The number of benzene rings is 1. The van der Waals surface area contributed by atoms with E-state index in [0.29, 0.717) is 0 Å². The van der Waals surface area contributed by atoms with Crippen LogP contribution >= 0.6 is 0 Å². The van der Waals surface area contributed by atoms with E-state index in [4.69, 9.17) is 4.74 Å². The van der Waals surface area contributed by atoms with Crippen molar-refractivity contribution in [2.45, 2.75) is 0 Å². The van der Waals surface area contributed by atoms with Crippen molar-refractivity contribution in [1.82, 2.24) is 5.32 Å². The van der Waals surface area contributed by atoms with Crippen molar-refractivity contribution in [2.24, 2.45) is 0 Å². The van der Waals surface area contributed by atoms with E-state index < -0.39 is 6.09 Å². The summed E-state index contributed by atoms with van der Waals surface area (Å²) in [6.45, 7) is 0.246. The third kappa shape index (κ3) is 3.76. The van der Waals surface area contributed by atoms with Gasteiger partial charge in [-0.3, -0.25) is 0 Å². The largest absolute Gasteiger partial charge is 0.445 e. The third-order valence-corrected chi connectivity index (χ3v) is 1.56. The fourth-order valence-corrected chi connectivity index (χ4v) is 0.923. The first kappa shape index (κ1) is 10.3. The Morgan fingerprint density at radius 2 is 2.14 bits per heavy atom. The zero-order chi connectivity index (χ0) is 10.2. The molecule has 0 unspecified atom stereocenters. The van der Waals surface area contributed by atoms with Crippen LogP contribution in [-0.2, 0) is 4.74 Å². The Bertz CT molecular complexity index is 306. The lowest BCUT2D eigenvalue weighted by molar-refractivity contribution is 0.162. The summed E-state index contributed by atoms with van der Waals surface area (Å²) in [7, 11) is 3.17. The molecule has 0 aliphatic carbocycles. The molecule has 0 bridgehead atoms. The Labute approximate surface area is 83.4 Å². The Morgan fingerprint density at radius 3 is 2.79 bits per heavy atom. The molecule has 1 aromatic carbocycles. The quantitative estimate of drug-likeness (QED) is 0.793. The van der Waals surface area contributed by atoms with Gasteiger partial charge in [-0.25, -0.2) is 4.79 Å². The molecule has 0 fully saturated rings. The molecule has 3 heteroatoms. The summed E-state index contributed by atoms with van der Waals surface area (Å²) in [5, 5.41) is 2.12. The molecule has 0 spiro atoms. The standard InChI is InChI=1S/C11H12NO2/c1-12-11(13)14-9-5-8-10-6-3-2-4-7-10/h2-8H,1,9H2,(H,12,13)/b8-5+. The second-order valence-electron chi connectivity index (χ2n) is 2.59. The van der Waals surface area contributed by atoms with E-state index >= 15 is 0 Å². The van der Waals surface area contributed by atoms with Crippen LogP contribution in [0.4, 0.5) is 4.79 Å². The molecule has 73 valence electrons. The molecule has 1 N–H and O–H groups in total. The van der Waals surface area contributed by atoms with Crippen molar-refractivity contribution in [2.75, 3.05) is 6.61 Å². The van der Waals surface area contributed by atoms with Crippen LogP contribution in [0.2, 0.25) is 0 Å². The molecule has 0 aromatic heterocycles. The molecule has 14 heavy (non-hydrogen) atoms.